The number of aliphatic imine (C=N–C) groups is 1. The molecule has 2 rings (SSSR count). The number of esters is 1. The number of hydrogen-bond donors (Lipinski definition) is 1. The molecule has 1 N–H and O–H groups in total. The summed E-state index contributed by atoms with van der Waals surface area (Å²) in [7, 11) is 1.46. The number of nitrogens with zero attached hydrogens (tertiary/aromatic N) is 2. The first kappa shape index (κ1) is 10.3. The van der Waals surface area contributed by atoms with Crippen LogP contribution in [0.4, 0.5) is 0 Å². The molecule has 0 unspecified atom stereocenters. The quantitative estimate of drug-likeness (QED) is 0.612. The highest BCUT2D eigenvalue weighted by molar-refractivity contribution is 5.81. The Morgan fingerprint density at radius 3 is 2.80 bits per heavy atom. The fraction of sp³-hybridized carbons (Fsp3) is 0.800. The normalized spacial score (nSPS) is 22.2. The molecule has 5 heteroatoms. The molecule has 1 saturated heterocycles. The van der Waals surface area contributed by atoms with Gasteiger partial charge in [-0.25, -0.2) is 0 Å². The summed E-state index contributed by atoms with van der Waals surface area (Å²) < 4.78 is 4.75. The Morgan fingerprint density at radius 1 is 1.53 bits per heavy atom. The predicted octanol–water partition coefficient (Wildman–Crippen LogP) is -0.169. The van der Waals surface area contributed by atoms with Gasteiger partial charge in [0, 0.05) is 19.6 Å². The zero-order valence-corrected chi connectivity index (χ0v) is 9.03. The minimum atomic E-state index is -0.0732. The van der Waals surface area contributed by atoms with Crippen LogP contribution in [0.5, 0.6) is 0 Å². The molecular formula is C10H17N3O2. The van der Waals surface area contributed by atoms with E-state index in [4.69, 9.17) is 4.74 Å². The summed E-state index contributed by atoms with van der Waals surface area (Å²) in [5, 5.41) is 3.24. The van der Waals surface area contributed by atoms with Gasteiger partial charge in [0.15, 0.2) is 5.96 Å². The van der Waals surface area contributed by atoms with Crippen molar-refractivity contribution >= 4 is 11.9 Å². The van der Waals surface area contributed by atoms with Crippen molar-refractivity contribution in [2.75, 3.05) is 33.3 Å². The Morgan fingerprint density at radius 2 is 2.27 bits per heavy atom. The lowest BCUT2D eigenvalue weighted by atomic mass is 9.97. The Hall–Kier alpha value is -1.26. The van der Waals surface area contributed by atoms with Crippen LogP contribution in [0.25, 0.3) is 0 Å². The lowest BCUT2D eigenvalue weighted by Crippen LogP contribution is -2.44. The predicted molar refractivity (Wildman–Crippen MR) is 56.6 cm³/mol. The summed E-state index contributed by atoms with van der Waals surface area (Å²) in [5.74, 6) is 1.00. The largest absolute Gasteiger partial charge is 0.469 e. The third-order valence-corrected chi connectivity index (χ3v) is 2.99. The number of ether oxygens (including phenoxy) is 1. The Bertz CT molecular complexity index is 270. The van der Waals surface area contributed by atoms with Gasteiger partial charge in [0.05, 0.1) is 19.6 Å². The van der Waals surface area contributed by atoms with Crippen molar-refractivity contribution in [2.45, 2.75) is 12.8 Å². The van der Waals surface area contributed by atoms with Crippen LogP contribution in [0.15, 0.2) is 4.99 Å². The van der Waals surface area contributed by atoms with Crippen molar-refractivity contribution in [3.8, 4) is 0 Å². The van der Waals surface area contributed by atoms with Gasteiger partial charge in [-0.3, -0.25) is 9.79 Å². The van der Waals surface area contributed by atoms with Crippen LogP contribution in [0, 0.1) is 5.92 Å². The number of hydrogen-bond acceptors (Lipinski definition) is 5. The summed E-state index contributed by atoms with van der Waals surface area (Å²) in [6.07, 6.45) is 1.74. The lowest BCUT2D eigenvalue weighted by molar-refractivity contribution is -0.146. The molecule has 0 aromatic rings. The molecule has 5 nitrogen and oxygen atoms in total. The highest BCUT2D eigenvalue weighted by Gasteiger charge is 2.27. The van der Waals surface area contributed by atoms with Gasteiger partial charge in [-0.15, -0.1) is 0 Å². The average molecular weight is 211 g/mol. The summed E-state index contributed by atoms with van der Waals surface area (Å²) in [5.41, 5.74) is 0. The maximum atomic E-state index is 11.3. The van der Waals surface area contributed by atoms with E-state index in [1.54, 1.807) is 0 Å². The van der Waals surface area contributed by atoms with Gasteiger partial charge in [0.25, 0.3) is 0 Å². The zero-order chi connectivity index (χ0) is 10.7. The van der Waals surface area contributed by atoms with Gasteiger partial charge in [-0.1, -0.05) is 0 Å². The van der Waals surface area contributed by atoms with E-state index in [-0.39, 0.29) is 11.9 Å². The van der Waals surface area contributed by atoms with E-state index in [1.807, 2.05) is 0 Å². The molecule has 0 spiro atoms. The summed E-state index contributed by atoms with van der Waals surface area (Å²) in [4.78, 5) is 17.9. The molecule has 0 radical (unpaired) electrons. The molecule has 0 bridgehead atoms. The Labute approximate surface area is 89.5 Å². The standard InChI is InChI=1S/C10H17N3O2/c1-15-9(14)8-2-6-13(7-3-8)10-11-4-5-12-10/h8H,2-7H2,1H3,(H,11,12). The van der Waals surface area contributed by atoms with Crippen LogP contribution in [-0.4, -0.2) is 50.1 Å². The molecule has 15 heavy (non-hydrogen) atoms. The zero-order valence-electron chi connectivity index (χ0n) is 9.03. The average Bonchev–Trinajstić information content (AvgIpc) is 2.82. The molecule has 2 aliphatic rings. The number of carbonyl (C=O) groups is 1. The summed E-state index contributed by atoms with van der Waals surface area (Å²) in [6.45, 7) is 3.59. The molecule has 0 amide bonds. The van der Waals surface area contributed by atoms with Gasteiger partial charge >= 0.3 is 5.97 Å². The van der Waals surface area contributed by atoms with E-state index >= 15 is 0 Å². The van der Waals surface area contributed by atoms with Crippen molar-refractivity contribution in [1.29, 1.82) is 0 Å². The number of nitrogens with one attached hydrogen (secondary N) is 1. The Kier molecular flexibility index (Phi) is 3.08. The van der Waals surface area contributed by atoms with Gasteiger partial charge in [0.2, 0.25) is 0 Å². The van der Waals surface area contributed by atoms with Crippen molar-refractivity contribution in [1.82, 2.24) is 10.2 Å². The molecule has 1 fully saturated rings. The molecule has 2 aliphatic heterocycles. The van der Waals surface area contributed by atoms with Gasteiger partial charge in [0.1, 0.15) is 0 Å². The first-order valence-corrected chi connectivity index (χ1v) is 5.42. The first-order chi connectivity index (χ1) is 7.31. The topological polar surface area (TPSA) is 53.9 Å². The van der Waals surface area contributed by atoms with Gasteiger partial charge < -0.3 is 15.0 Å². The van der Waals surface area contributed by atoms with E-state index in [1.165, 1.54) is 7.11 Å². The second kappa shape index (κ2) is 4.51. The van der Waals surface area contributed by atoms with E-state index in [0.717, 1.165) is 45.0 Å². The SMILES string of the molecule is COC(=O)C1CCN(C2=NCCN2)CC1. The highest BCUT2D eigenvalue weighted by atomic mass is 16.5. The van der Waals surface area contributed by atoms with Crippen LogP contribution < -0.4 is 5.32 Å². The number of likely N-dealkylation sites (tertiary alicyclic amines) is 1. The first-order valence-electron chi connectivity index (χ1n) is 5.42. The van der Waals surface area contributed by atoms with Crippen LogP contribution in [0.2, 0.25) is 0 Å². The van der Waals surface area contributed by atoms with E-state index < -0.39 is 0 Å². The van der Waals surface area contributed by atoms with Crippen molar-refractivity contribution in [3.05, 3.63) is 0 Å². The smallest absolute Gasteiger partial charge is 0.308 e. The molecule has 2 heterocycles. The fourth-order valence-electron chi connectivity index (χ4n) is 2.09. The molecule has 0 aromatic carbocycles. The number of piperidine rings is 1. The van der Waals surface area contributed by atoms with E-state index in [0.29, 0.717) is 0 Å². The van der Waals surface area contributed by atoms with Crippen LogP contribution in [0.1, 0.15) is 12.8 Å². The molecular weight excluding hydrogens is 194 g/mol. The number of guanidine groups is 1. The molecule has 84 valence electrons. The number of rotatable bonds is 1. The number of carbonyl (C=O) groups excluding carboxylic acids is 1. The minimum Gasteiger partial charge on any atom is -0.469 e. The van der Waals surface area contributed by atoms with Crippen molar-refractivity contribution in [2.24, 2.45) is 10.9 Å². The molecule has 0 aliphatic carbocycles. The third-order valence-electron chi connectivity index (χ3n) is 2.99. The maximum absolute atomic E-state index is 11.3. The van der Waals surface area contributed by atoms with Crippen LogP contribution in [0.3, 0.4) is 0 Å². The minimum absolute atomic E-state index is 0.0732. The van der Waals surface area contributed by atoms with Gasteiger partial charge in [-0.05, 0) is 12.8 Å². The molecule has 0 saturated carbocycles. The molecule has 0 atom stereocenters. The number of methoxy groups -OCH3 is 1. The second-order valence-corrected chi connectivity index (χ2v) is 3.92. The highest BCUT2D eigenvalue weighted by Crippen LogP contribution is 2.18. The van der Waals surface area contributed by atoms with E-state index in [2.05, 4.69) is 15.2 Å². The summed E-state index contributed by atoms with van der Waals surface area (Å²) in [6, 6.07) is 0. The van der Waals surface area contributed by atoms with Gasteiger partial charge in [-0.2, -0.15) is 0 Å². The van der Waals surface area contributed by atoms with E-state index in [9.17, 15) is 4.79 Å². The monoisotopic (exact) mass is 211 g/mol. The van der Waals surface area contributed by atoms with Crippen molar-refractivity contribution in [3.63, 3.8) is 0 Å². The van der Waals surface area contributed by atoms with Crippen LogP contribution in [-0.2, 0) is 9.53 Å². The third kappa shape index (κ3) is 2.22. The lowest BCUT2D eigenvalue weighted by Gasteiger charge is -2.31. The fourth-order valence-corrected chi connectivity index (χ4v) is 2.09. The molecule has 0 aromatic heterocycles. The summed E-state index contributed by atoms with van der Waals surface area (Å²) >= 11 is 0. The maximum Gasteiger partial charge on any atom is 0.308 e. The second-order valence-electron chi connectivity index (χ2n) is 3.92. The Balaban J connectivity index is 1.84. The van der Waals surface area contributed by atoms with Crippen LogP contribution >= 0.6 is 0 Å². The van der Waals surface area contributed by atoms with Crippen molar-refractivity contribution < 1.29 is 9.53 Å².